The van der Waals surface area contributed by atoms with Gasteiger partial charge in [0.05, 0.1) is 10.6 Å². The number of aryl methyl sites for hydroxylation is 2. The summed E-state index contributed by atoms with van der Waals surface area (Å²) in [6.45, 7) is 7.16. The Balaban J connectivity index is 2.02. The highest BCUT2D eigenvalue weighted by atomic mass is 32.1. The minimum atomic E-state index is -0.185. The largest absolute Gasteiger partial charge is 0.327 e. The van der Waals surface area contributed by atoms with E-state index in [-0.39, 0.29) is 5.91 Å². The van der Waals surface area contributed by atoms with Gasteiger partial charge in [0, 0.05) is 30.6 Å². The van der Waals surface area contributed by atoms with Gasteiger partial charge < -0.3 is 4.57 Å². The summed E-state index contributed by atoms with van der Waals surface area (Å²) in [7, 11) is 1.89. The summed E-state index contributed by atoms with van der Waals surface area (Å²) < 4.78 is 3.85. The van der Waals surface area contributed by atoms with Gasteiger partial charge in [-0.1, -0.05) is 13.8 Å². The molecule has 22 heavy (non-hydrogen) atoms. The summed E-state index contributed by atoms with van der Waals surface area (Å²) in [4.78, 5) is 19.0. The summed E-state index contributed by atoms with van der Waals surface area (Å²) in [5.41, 5.74) is 0.965. The highest BCUT2D eigenvalue weighted by Gasteiger charge is 2.16. The fourth-order valence-electron chi connectivity index (χ4n) is 2.26. The standard InChI is InChI=1S/C15H18N4OS2/c1-9(2)8-19-14-11(10(3)17-19)7-12(22-14)13(20)16-15-18(4)5-6-21-15/h5-7,9H,8H2,1-4H3. The van der Waals surface area contributed by atoms with Crippen molar-refractivity contribution < 1.29 is 4.79 Å². The van der Waals surface area contributed by atoms with E-state index in [4.69, 9.17) is 0 Å². The Bertz CT molecular complexity index is 894. The lowest BCUT2D eigenvalue weighted by molar-refractivity contribution is 0.100. The third kappa shape index (κ3) is 2.78. The number of carbonyl (C=O) groups is 1. The van der Waals surface area contributed by atoms with E-state index in [0.717, 1.165) is 22.5 Å². The van der Waals surface area contributed by atoms with Gasteiger partial charge in [-0.15, -0.1) is 22.7 Å². The van der Waals surface area contributed by atoms with Gasteiger partial charge in [-0.2, -0.15) is 10.1 Å². The molecule has 0 aliphatic heterocycles. The Morgan fingerprint density at radius 1 is 1.45 bits per heavy atom. The van der Waals surface area contributed by atoms with Crippen LogP contribution < -0.4 is 4.80 Å². The Morgan fingerprint density at radius 2 is 2.23 bits per heavy atom. The molecular formula is C15H18N4OS2. The molecule has 116 valence electrons. The van der Waals surface area contributed by atoms with Gasteiger partial charge in [0.2, 0.25) is 0 Å². The molecule has 0 spiro atoms. The van der Waals surface area contributed by atoms with E-state index in [2.05, 4.69) is 23.9 Å². The lowest BCUT2D eigenvalue weighted by Crippen LogP contribution is -2.12. The van der Waals surface area contributed by atoms with E-state index in [1.807, 2.05) is 40.9 Å². The number of hydrogen-bond donors (Lipinski definition) is 0. The molecule has 0 saturated carbocycles. The molecule has 0 N–H and O–H groups in total. The van der Waals surface area contributed by atoms with Crippen LogP contribution in [0.4, 0.5) is 0 Å². The molecule has 0 bridgehead atoms. The number of thiazole rings is 1. The van der Waals surface area contributed by atoms with Crippen molar-refractivity contribution in [2.45, 2.75) is 27.3 Å². The number of amides is 1. The number of fused-ring (bicyclic) bond motifs is 1. The van der Waals surface area contributed by atoms with Crippen molar-refractivity contribution in [1.29, 1.82) is 0 Å². The highest BCUT2D eigenvalue weighted by Crippen LogP contribution is 2.29. The van der Waals surface area contributed by atoms with Crippen LogP contribution in [0.1, 0.15) is 29.2 Å². The fourth-order valence-corrected chi connectivity index (χ4v) is 4.05. The van der Waals surface area contributed by atoms with Crippen LogP contribution in [0.25, 0.3) is 10.2 Å². The second-order valence-electron chi connectivity index (χ2n) is 5.70. The molecule has 0 unspecified atom stereocenters. The maximum Gasteiger partial charge on any atom is 0.289 e. The monoisotopic (exact) mass is 334 g/mol. The average molecular weight is 334 g/mol. The van der Waals surface area contributed by atoms with Crippen LogP contribution in [0, 0.1) is 12.8 Å². The molecule has 0 saturated heterocycles. The van der Waals surface area contributed by atoms with Crippen LogP contribution in [0.15, 0.2) is 22.6 Å². The second kappa shape index (κ2) is 5.81. The Kier molecular flexibility index (Phi) is 4.01. The van der Waals surface area contributed by atoms with Crippen molar-refractivity contribution in [3.05, 3.63) is 33.0 Å². The number of nitrogens with zero attached hydrogens (tertiary/aromatic N) is 4. The predicted octanol–water partition coefficient (Wildman–Crippen LogP) is 3.20. The van der Waals surface area contributed by atoms with E-state index in [9.17, 15) is 4.79 Å². The van der Waals surface area contributed by atoms with Crippen molar-refractivity contribution in [2.24, 2.45) is 18.0 Å². The summed E-state index contributed by atoms with van der Waals surface area (Å²) in [6, 6.07) is 1.92. The Hall–Kier alpha value is -1.73. The SMILES string of the molecule is Cc1nn(CC(C)C)c2sc(C(=O)N=c3sccn3C)cc12. The van der Waals surface area contributed by atoms with Crippen LogP contribution >= 0.6 is 22.7 Å². The molecule has 1 amide bonds. The number of thiophene rings is 1. The van der Waals surface area contributed by atoms with Crippen molar-refractivity contribution in [3.63, 3.8) is 0 Å². The molecule has 5 nitrogen and oxygen atoms in total. The predicted molar refractivity (Wildman–Crippen MR) is 90.4 cm³/mol. The number of rotatable bonds is 3. The highest BCUT2D eigenvalue weighted by molar-refractivity contribution is 7.20. The third-order valence-corrected chi connectivity index (χ3v) is 5.30. The Morgan fingerprint density at radius 3 is 2.86 bits per heavy atom. The quantitative estimate of drug-likeness (QED) is 0.738. The van der Waals surface area contributed by atoms with Gasteiger partial charge in [-0.05, 0) is 18.9 Å². The van der Waals surface area contributed by atoms with Gasteiger partial charge in [0.1, 0.15) is 4.83 Å². The molecular weight excluding hydrogens is 316 g/mol. The third-order valence-electron chi connectivity index (χ3n) is 3.31. The number of aromatic nitrogens is 3. The van der Waals surface area contributed by atoms with Crippen molar-refractivity contribution in [2.75, 3.05) is 0 Å². The summed E-state index contributed by atoms with van der Waals surface area (Å²) in [5, 5.41) is 7.54. The first kappa shape index (κ1) is 15.2. The molecule has 0 atom stereocenters. The van der Waals surface area contributed by atoms with E-state index in [1.54, 1.807) is 0 Å². The summed E-state index contributed by atoms with van der Waals surface area (Å²) in [6.07, 6.45) is 1.90. The van der Waals surface area contributed by atoms with Gasteiger partial charge in [0.15, 0.2) is 4.80 Å². The average Bonchev–Trinajstić information content (AvgIpc) is 3.10. The maximum atomic E-state index is 12.4. The van der Waals surface area contributed by atoms with Crippen LogP contribution in [-0.4, -0.2) is 20.3 Å². The lowest BCUT2D eigenvalue weighted by atomic mass is 10.2. The lowest BCUT2D eigenvalue weighted by Gasteiger charge is -2.04. The minimum Gasteiger partial charge on any atom is -0.327 e. The number of hydrogen-bond acceptors (Lipinski definition) is 4. The molecule has 0 radical (unpaired) electrons. The minimum absolute atomic E-state index is 0.185. The first-order chi connectivity index (χ1) is 10.5. The van der Waals surface area contributed by atoms with Crippen molar-refractivity contribution in [1.82, 2.24) is 14.3 Å². The van der Waals surface area contributed by atoms with Crippen molar-refractivity contribution >= 4 is 38.8 Å². The van der Waals surface area contributed by atoms with E-state index < -0.39 is 0 Å². The molecule has 3 heterocycles. The summed E-state index contributed by atoms with van der Waals surface area (Å²) >= 11 is 2.93. The van der Waals surface area contributed by atoms with E-state index in [0.29, 0.717) is 15.6 Å². The second-order valence-corrected chi connectivity index (χ2v) is 7.61. The molecule has 7 heteroatoms. The summed E-state index contributed by atoms with van der Waals surface area (Å²) in [5.74, 6) is 0.327. The molecule has 3 aromatic rings. The zero-order valence-corrected chi connectivity index (χ0v) is 14.7. The molecule has 3 aromatic heterocycles. The van der Waals surface area contributed by atoms with Gasteiger partial charge in [0.25, 0.3) is 5.91 Å². The van der Waals surface area contributed by atoms with Crippen LogP contribution in [0.3, 0.4) is 0 Å². The Labute approximate surface area is 136 Å². The molecule has 3 rings (SSSR count). The van der Waals surface area contributed by atoms with Crippen LogP contribution in [0.5, 0.6) is 0 Å². The van der Waals surface area contributed by atoms with E-state index >= 15 is 0 Å². The normalized spacial score (nSPS) is 12.7. The van der Waals surface area contributed by atoms with Gasteiger partial charge >= 0.3 is 0 Å². The van der Waals surface area contributed by atoms with Crippen LogP contribution in [0.2, 0.25) is 0 Å². The van der Waals surface area contributed by atoms with Crippen LogP contribution in [-0.2, 0) is 13.6 Å². The fraction of sp³-hybridized carbons (Fsp3) is 0.400. The number of carbonyl (C=O) groups excluding carboxylic acids is 1. The zero-order chi connectivity index (χ0) is 15.9. The van der Waals surface area contributed by atoms with E-state index in [1.165, 1.54) is 22.7 Å². The van der Waals surface area contributed by atoms with Gasteiger partial charge in [-0.25, -0.2) is 0 Å². The molecule has 0 aromatic carbocycles. The smallest absolute Gasteiger partial charge is 0.289 e. The molecule has 0 fully saturated rings. The van der Waals surface area contributed by atoms with Gasteiger partial charge in [-0.3, -0.25) is 9.48 Å². The molecule has 0 aliphatic rings. The topological polar surface area (TPSA) is 52.2 Å². The van der Waals surface area contributed by atoms with Crippen molar-refractivity contribution in [3.8, 4) is 0 Å². The zero-order valence-electron chi connectivity index (χ0n) is 13.0. The molecule has 0 aliphatic carbocycles. The first-order valence-electron chi connectivity index (χ1n) is 7.12. The maximum absolute atomic E-state index is 12.4. The first-order valence-corrected chi connectivity index (χ1v) is 8.81.